The number of carbonyl (C=O) groups excluding carboxylic acids is 3. The van der Waals surface area contributed by atoms with Crippen LogP contribution in [0, 0.1) is 0 Å². The molecule has 0 aliphatic rings. The lowest BCUT2D eigenvalue weighted by Gasteiger charge is -2.18. The molecule has 6 nitrogen and oxygen atoms in total. The molecule has 0 aromatic rings. The molecule has 0 rings (SSSR count). The average Bonchev–Trinajstić information content (AvgIpc) is 3.27. The van der Waals surface area contributed by atoms with Gasteiger partial charge >= 0.3 is 17.9 Å². The first-order valence-corrected chi connectivity index (χ1v) is 24.6. The number of unbranched alkanes of at least 4 members (excludes halogenated alkanes) is 16. The second-order valence-electron chi connectivity index (χ2n) is 15.8. The maximum atomic E-state index is 12.8. The van der Waals surface area contributed by atoms with E-state index in [0.29, 0.717) is 25.7 Å². The summed E-state index contributed by atoms with van der Waals surface area (Å²) in [5, 5.41) is 0. The van der Waals surface area contributed by atoms with Gasteiger partial charge in [0.05, 0.1) is 0 Å². The fourth-order valence-corrected chi connectivity index (χ4v) is 6.12. The molecule has 348 valence electrons. The molecule has 0 amide bonds. The van der Waals surface area contributed by atoms with Gasteiger partial charge in [-0.25, -0.2) is 0 Å². The van der Waals surface area contributed by atoms with Crippen LogP contribution in [0.2, 0.25) is 0 Å². The molecule has 0 saturated carbocycles. The smallest absolute Gasteiger partial charge is 0.306 e. The predicted molar refractivity (Wildman–Crippen MR) is 265 cm³/mol. The van der Waals surface area contributed by atoms with Gasteiger partial charge in [-0.3, -0.25) is 14.4 Å². The third-order valence-corrected chi connectivity index (χ3v) is 9.83. The summed E-state index contributed by atoms with van der Waals surface area (Å²) in [4.78, 5) is 37.8. The van der Waals surface area contributed by atoms with Gasteiger partial charge in [0.1, 0.15) is 13.2 Å². The van der Waals surface area contributed by atoms with Crippen LogP contribution in [0.25, 0.3) is 0 Å². The Morgan fingerprint density at radius 2 is 0.726 bits per heavy atom. The van der Waals surface area contributed by atoms with Gasteiger partial charge < -0.3 is 14.2 Å². The molecule has 1 atom stereocenters. The van der Waals surface area contributed by atoms with Gasteiger partial charge in [-0.15, -0.1) is 0 Å². The van der Waals surface area contributed by atoms with Crippen LogP contribution in [-0.2, 0) is 28.6 Å². The minimum absolute atomic E-state index is 0.123. The molecule has 0 saturated heterocycles. The molecule has 0 aromatic carbocycles. The van der Waals surface area contributed by atoms with Crippen molar-refractivity contribution in [2.45, 2.75) is 200 Å². The van der Waals surface area contributed by atoms with Crippen LogP contribution in [0.1, 0.15) is 194 Å². The SMILES string of the molecule is CC\C=C/C=C\C=C/C=C\C=C\C=C/CCCCCC(=O)OCC(COC(=O)CCCCCC/C=C\CCCC)OC(=O)CCC/C=C\C/C=C\C/C=C\CCCCCCCC. The van der Waals surface area contributed by atoms with E-state index in [2.05, 4.69) is 81.5 Å². The van der Waals surface area contributed by atoms with Crippen LogP contribution >= 0.6 is 0 Å². The van der Waals surface area contributed by atoms with E-state index in [-0.39, 0.29) is 37.5 Å². The second-order valence-corrected chi connectivity index (χ2v) is 15.8. The highest BCUT2D eigenvalue weighted by atomic mass is 16.6. The van der Waals surface area contributed by atoms with Gasteiger partial charge in [-0.1, -0.05) is 206 Å². The Morgan fingerprint density at radius 1 is 0.355 bits per heavy atom. The van der Waals surface area contributed by atoms with Crippen LogP contribution < -0.4 is 0 Å². The molecule has 0 fully saturated rings. The zero-order valence-electron chi connectivity index (χ0n) is 39.6. The maximum absolute atomic E-state index is 12.8. The van der Waals surface area contributed by atoms with Crippen molar-refractivity contribution in [2.75, 3.05) is 13.2 Å². The normalized spacial score (nSPS) is 13.1. The number of esters is 3. The van der Waals surface area contributed by atoms with Gasteiger partial charge in [0.25, 0.3) is 0 Å². The highest BCUT2D eigenvalue weighted by Gasteiger charge is 2.19. The molecule has 0 bridgehead atoms. The lowest BCUT2D eigenvalue weighted by atomic mass is 10.1. The summed E-state index contributed by atoms with van der Waals surface area (Å²) < 4.78 is 16.6. The third kappa shape index (κ3) is 46.9. The standard InChI is InChI=1S/C56H88O6/c1-4-7-10-13-16-19-22-24-26-28-30-32-34-37-40-43-46-49-55(58)61-52-53(51-60-54(57)48-45-42-39-36-21-18-15-12-9-6-3)62-56(59)50-47-44-41-38-35-33-31-29-27-25-23-20-17-14-11-8-5-2/h7,10,13,15-16,18-19,22,24-28,30-34,38,41,53H,4-6,8-9,11-12,14,17,20-21,23,29,35-37,39-40,42-52H2,1-3H3/b10-7-,16-13-,18-15-,22-19-,26-24-,27-25-,30-28+,33-31-,34-32-,41-38-. The first kappa shape index (κ1) is 57.8. The van der Waals surface area contributed by atoms with E-state index in [1.807, 2.05) is 60.8 Å². The van der Waals surface area contributed by atoms with Gasteiger partial charge in [-0.05, 0) is 89.9 Å². The molecule has 0 aliphatic carbocycles. The summed E-state index contributed by atoms with van der Waals surface area (Å²) >= 11 is 0. The molecule has 62 heavy (non-hydrogen) atoms. The van der Waals surface area contributed by atoms with Crippen molar-refractivity contribution in [3.05, 3.63) is 122 Å². The zero-order chi connectivity index (χ0) is 45.1. The summed E-state index contributed by atoms with van der Waals surface area (Å²) in [6, 6.07) is 0. The van der Waals surface area contributed by atoms with E-state index in [4.69, 9.17) is 14.2 Å². The molecule has 0 aromatic heterocycles. The second kappa shape index (κ2) is 49.5. The number of hydrogen-bond donors (Lipinski definition) is 0. The van der Waals surface area contributed by atoms with Crippen LogP contribution in [0.15, 0.2) is 122 Å². The largest absolute Gasteiger partial charge is 0.462 e. The molecular weight excluding hydrogens is 769 g/mol. The van der Waals surface area contributed by atoms with Crippen LogP contribution in [-0.4, -0.2) is 37.2 Å². The lowest BCUT2D eigenvalue weighted by Crippen LogP contribution is -2.30. The molecule has 0 spiro atoms. The summed E-state index contributed by atoms with van der Waals surface area (Å²) in [5.74, 6) is -1.04. The molecule has 0 aliphatic heterocycles. The number of allylic oxidation sites excluding steroid dienone is 20. The van der Waals surface area contributed by atoms with Gasteiger partial charge in [0, 0.05) is 19.3 Å². The van der Waals surface area contributed by atoms with Gasteiger partial charge in [0.2, 0.25) is 0 Å². The Hall–Kier alpha value is -4.19. The minimum atomic E-state index is -0.829. The van der Waals surface area contributed by atoms with Crippen molar-refractivity contribution in [3.8, 4) is 0 Å². The van der Waals surface area contributed by atoms with Crippen molar-refractivity contribution in [1.82, 2.24) is 0 Å². The lowest BCUT2D eigenvalue weighted by molar-refractivity contribution is -0.167. The Balaban J connectivity index is 4.58. The Labute approximate surface area is 380 Å². The molecule has 1 unspecified atom stereocenters. The van der Waals surface area contributed by atoms with Crippen molar-refractivity contribution in [3.63, 3.8) is 0 Å². The molecule has 6 heteroatoms. The highest BCUT2D eigenvalue weighted by Crippen LogP contribution is 2.11. The van der Waals surface area contributed by atoms with E-state index in [9.17, 15) is 14.4 Å². The monoisotopic (exact) mass is 857 g/mol. The first-order chi connectivity index (χ1) is 30.5. The summed E-state index contributed by atoms with van der Waals surface area (Å²) in [6.45, 7) is 6.32. The zero-order valence-corrected chi connectivity index (χ0v) is 39.6. The fraction of sp³-hybridized carbons (Fsp3) is 0.589. The molecule has 0 radical (unpaired) electrons. The number of ether oxygens (including phenoxy) is 3. The van der Waals surface area contributed by atoms with E-state index < -0.39 is 6.10 Å². The minimum Gasteiger partial charge on any atom is -0.462 e. The van der Waals surface area contributed by atoms with Crippen molar-refractivity contribution < 1.29 is 28.6 Å². The molecule has 0 N–H and O–H groups in total. The Morgan fingerprint density at radius 3 is 1.26 bits per heavy atom. The van der Waals surface area contributed by atoms with Crippen molar-refractivity contribution in [2.24, 2.45) is 0 Å². The van der Waals surface area contributed by atoms with Crippen LogP contribution in [0.3, 0.4) is 0 Å². The van der Waals surface area contributed by atoms with E-state index >= 15 is 0 Å². The van der Waals surface area contributed by atoms with E-state index in [1.165, 1.54) is 57.8 Å². The fourth-order valence-electron chi connectivity index (χ4n) is 6.12. The topological polar surface area (TPSA) is 78.9 Å². The van der Waals surface area contributed by atoms with Crippen molar-refractivity contribution in [1.29, 1.82) is 0 Å². The van der Waals surface area contributed by atoms with Crippen LogP contribution in [0.5, 0.6) is 0 Å². The molecule has 0 heterocycles. The number of rotatable bonds is 42. The van der Waals surface area contributed by atoms with E-state index in [0.717, 1.165) is 83.5 Å². The molecular formula is C56H88O6. The van der Waals surface area contributed by atoms with E-state index in [1.54, 1.807) is 0 Å². The predicted octanol–water partition coefficient (Wildman–Crippen LogP) is 16.1. The quantitative estimate of drug-likeness (QED) is 0.0200. The maximum Gasteiger partial charge on any atom is 0.306 e. The first-order valence-electron chi connectivity index (χ1n) is 24.6. The van der Waals surface area contributed by atoms with Crippen LogP contribution in [0.4, 0.5) is 0 Å². The summed E-state index contributed by atoms with van der Waals surface area (Å²) in [6.07, 6.45) is 67.6. The Bertz CT molecular complexity index is 1350. The highest BCUT2D eigenvalue weighted by molar-refractivity contribution is 5.71. The Kier molecular flexibility index (Phi) is 46.1. The summed E-state index contributed by atoms with van der Waals surface area (Å²) in [7, 11) is 0. The average molecular weight is 857 g/mol. The third-order valence-electron chi connectivity index (χ3n) is 9.83. The van der Waals surface area contributed by atoms with Crippen molar-refractivity contribution >= 4 is 17.9 Å². The number of hydrogen-bond acceptors (Lipinski definition) is 6. The number of carbonyl (C=O) groups is 3. The van der Waals surface area contributed by atoms with Gasteiger partial charge in [-0.2, -0.15) is 0 Å². The van der Waals surface area contributed by atoms with Gasteiger partial charge in [0.15, 0.2) is 6.10 Å². The summed E-state index contributed by atoms with van der Waals surface area (Å²) in [5.41, 5.74) is 0.